The predicted octanol–water partition coefficient (Wildman–Crippen LogP) is 4.28. The third-order valence-electron chi connectivity index (χ3n) is 4.23. The van der Waals surface area contributed by atoms with Crippen LogP contribution in [0.3, 0.4) is 0 Å². The first-order valence-electron chi connectivity index (χ1n) is 8.05. The van der Waals surface area contributed by atoms with Gasteiger partial charge in [-0.15, -0.1) is 0 Å². The van der Waals surface area contributed by atoms with Gasteiger partial charge in [0.05, 0.1) is 19.8 Å². The number of aromatic amines is 1. The number of aryl methyl sites for hydroxylation is 1. The summed E-state index contributed by atoms with van der Waals surface area (Å²) in [6, 6.07) is 14.8. The van der Waals surface area contributed by atoms with Crippen molar-refractivity contribution in [1.82, 2.24) is 4.98 Å². The molecule has 0 atom stereocenters. The van der Waals surface area contributed by atoms with Crippen LogP contribution < -0.4 is 9.47 Å². The van der Waals surface area contributed by atoms with Gasteiger partial charge in [-0.1, -0.05) is 18.2 Å². The predicted molar refractivity (Wildman–Crippen MR) is 101 cm³/mol. The molecule has 0 amide bonds. The van der Waals surface area contributed by atoms with E-state index in [1.165, 1.54) is 7.11 Å². The zero-order chi connectivity index (χ0) is 18.7. The first kappa shape index (κ1) is 17.3. The van der Waals surface area contributed by atoms with Crippen LogP contribution in [-0.2, 0) is 0 Å². The van der Waals surface area contributed by atoms with Crippen LogP contribution >= 0.6 is 0 Å². The average Bonchev–Trinajstić information content (AvgIpc) is 3.01. The molecule has 0 bridgehead atoms. The second-order valence-electron chi connectivity index (χ2n) is 5.78. The number of rotatable bonds is 5. The van der Waals surface area contributed by atoms with Gasteiger partial charge >= 0.3 is 0 Å². The van der Waals surface area contributed by atoms with Crippen LogP contribution in [0, 0.1) is 18.3 Å². The van der Waals surface area contributed by atoms with Crippen molar-refractivity contribution in [1.29, 1.82) is 5.26 Å². The first-order valence-corrected chi connectivity index (χ1v) is 8.05. The summed E-state index contributed by atoms with van der Waals surface area (Å²) < 4.78 is 10.5. The van der Waals surface area contributed by atoms with Gasteiger partial charge in [0.1, 0.15) is 23.1 Å². The molecule has 3 aromatic rings. The van der Waals surface area contributed by atoms with Crippen molar-refractivity contribution in [2.75, 3.05) is 14.2 Å². The molecular weight excluding hydrogens is 328 g/mol. The van der Waals surface area contributed by atoms with Crippen LogP contribution in [0.15, 0.2) is 48.0 Å². The zero-order valence-corrected chi connectivity index (χ0v) is 14.8. The second-order valence-corrected chi connectivity index (χ2v) is 5.78. The maximum absolute atomic E-state index is 13.0. The molecule has 0 radical (unpaired) electrons. The number of nitrogens with zero attached hydrogens (tertiary/aromatic N) is 1. The molecule has 0 aliphatic rings. The van der Waals surface area contributed by atoms with E-state index < -0.39 is 0 Å². The van der Waals surface area contributed by atoms with Crippen LogP contribution in [0.4, 0.5) is 0 Å². The summed E-state index contributed by atoms with van der Waals surface area (Å²) in [7, 11) is 3.10. The molecule has 0 aliphatic heterocycles. The fraction of sp³-hybridized carbons (Fsp3) is 0.143. The number of hydrogen-bond acceptors (Lipinski definition) is 4. The monoisotopic (exact) mass is 346 g/mol. The second kappa shape index (κ2) is 7.16. The number of Topliss-reactive ketones (excluding diaryl/α,β-unsaturated/α-hetero) is 1. The van der Waals surface area contributed by atoms with E-state index >= 15 is 0 Å². The van der Waals surface area contributed by atoms with Crippen molar-refractivity contribution in [2.45, 2.75) is 6.92 Å². The number of fused-ring (bicyclic) bond motifs is 1. The van der Waals surface area contributed by atoms with E-state index in [9.17, 15) is 10.1 Å². The molecule has 1 aromatic heterocycles. The largest absolute Gasteiger partial charge is 0.497 e. The number of nitrogens with one attached hydrogen (secondary N) is 1. The Bertz CT molecular complexity index is 1050. The number of ketones is 1. The van der Waals surface area contributed by atoms with Crippen molar-refractivity contribution in [2.24, 2.45) is 0 Å². The smallest absolute Gasteiger partial charge is 0.205 e. The highest BCUT2D eigenvalue weighted by atomic mass is 16.5. The number of carbonyl (C=O) groups excluding carboxylic acids is 1. The summed E-state index contributed by atoms with van der Waals surface area (Å²) in [5.74, 6) is 0.845. The molecule has 0 spiro atoms. The van der Waals surface area contributed by atoms with Crippen LogP contribution in [0.5, 0.6) is 11.5 Å². The highest BCUT2D eigenvalue weighted by molar-refractivity contribution is 6.20. The molecule has 2 aromatic carbocycles. The van der Waals surface area contributed by atoms with E-state index in [0.29, 0.717) is 22.6 Å². The zero-order valence-electron chi connectivity index (χ0n) is 14.8. The minimum Gasteiger partial charge on any atom is -0.497 e. The molecule has 0 aliphatic carbocycles. The number of allylic oxidation sites excluding steroid dienone is 1. The van der Waals surface area contributed by atoms with E-state index in [2.05, 4.69) is 4.98 Å². The topological polar surface area (TPSA) is 75.1 Å². The number of aromatic nitrogens is 1. The van der Waals surface area contributed by atoms with E-state index in [1.807, 2.05) is 37.3 Å². The molecular formula is C21H18N2O3. The lowest BCUT2D eigenvalue weighted by atomic mass is 9.99. The van der Waals surface area contributed by atoms with Crippen LogP contribution in [0.2, 0.25) is 0 Å². The Morgan fingerprint density at radius 3 is 2.62 bits per heavy atom. The molecule has 3 rings (SSSR count). The maximum atomic E-state index is 13.0. The van der Waals surface area contributed by atoms with Gasteiger partial charge < -0.3 is 14.5 Å². The van der Waals surface area contributed by atoms with Gasteiger partial charge in [-0.25, -0.2) is 0 Å². The molecule has 1 heterocycles. The Kier molecular flexibility index (Phi) is 4.76. The molecule has 0 saturated carbocycles. The summed E-state index contributed by atoms with van der Waals surface area (Å²) >= 11 is 0. The van der Waals surface area contributed by atoms with Gasteiger partial charge in [0.15, 0.2) is 0 Å². The van der Waals surface area contributed by atoms with Gasteiger partial charge in [0, 0.05) is 28.2 Å². The Morgan fingerprint density at radius 2 is 1.92 bits per heavy atom. The van der Waals surface area contributed by atoms with Crippen LogP contribution in [0.1, 0.15) is 21.6 Å². The molecule has 5 heteroatoms. The van der Waals surface area contributed by atoms with E-state index in [1.54, 1.807) is 31.4 Å². The SMILES string of the molecule is COc1ccc(C=C(C#N)C(=O)c2c(C)[nH]c3ccccc23)c(OC)c1. The first-order chi connectivity index (χ1) is 12.6. The summed E-state index contributed by atoms with van der Waals surface area (Å²) in [5, 5.41) is 10.4. The van der Waals surface area contributed by atoms with Crippen LogP contribution in [-0.4, -0.2) is 25.0 Å². The Labute approximate surface area is 151 Å². The number of H-pyrrole nitrogens is 1. The van der Waals surface area contributed by atoms with Gasteiger partial charge in [-0.05, 0) is 31.2 Å². The van der Waals surface area contributed by atoms with Crippen molar-refractivity contribution in [3.05, 3.63) is 64.9 Å². The summed E-state index contributed by atoms with van der Waals surface area (Å²) in [5.41, 5.74) is 2.80. The number of para-hydroxylation sites is 1. The number of hydrogen-bond donors (Lipinski definition) is 1. The van der Waals surface area contributed by atoms with Gasteiger partial charge in [0.2, 0.25) is 5.78 Å². The highest BCUT2D eigenvalue weighted by Crippen LogP contribution is 2.29. The Hall–Kier alpha value is -3.52. The van der Waals surface area contributed by atoms with Gasteiger partial charge in [-0.2, -0.15) is 5.26 Å². The lowest BCUT2D eigenvalue weighted by Gasteiger charge is -2.08. The highest BCUT2D eigenvalue weighted by Gasteiger charge is 2.20. The van der Waals surface area contributed by atoms with Crippen molar-refractivity contribution >= 4 is 22.8 Å². The number of benzene rings is 2. The normalized spacial score (nSPS) is 11.2. The molecule has 130 valence electrons. The molecule has 0 unspecified atom stereocenters. The number of carbonyl (C=O) groups is 1. The van der Waals surface area contributed by atoms with Gasteiger partial charge in [0.25, 0.3) is 0 Å². The van der Waals surface area contributed by atoms with E-state index in [-0.39, 0.29) is 11.4 Å². The van der Waals surface area contributed by atoms with Crippen molar-refractivity contribution < 1.29 is 14.3 Å². The quantitative estimate of drug-likeness (QED) is 0.425. The minimum absolute atomic E-state index is 0.0429. The van der Waals surface area contributed by atoms with Gasteiger partial charge in [-0.3, -0.25) is 4.79 Å². The van der Waals surface area contributed by atoms with Crippen molar-refractivity contribution in [3.8, 4) is 17.6 Å². The molecule has 0 fully saturated rings. The third kappa shape index (κ3) is 3.05. The fourth-order valence-corrected chi connectivity index (χ4v) is 2.95. The average molecular weight is 346 g/mol. The number of nitriles is 1. The van der Waals surface area contributed by atoms with Crippen LogP contribution in [0.25, 0.3) is 17.0 Å². The molecule has 1 N–H and O–H groups in total. The molecule has 26 heavy (non-hydrogen) atoms. The maximum Gasteiger partial charge on any atom is 0.205 e. The Morgan fingerprint density at radius 1 is 1.15 bits per heavy atom. The third-order valence-corrected chi connectivity index (χ3v) is 4.23. The van der Waals surface area contributed by atoms with E-state index in [0.717, 1.165) is 16.6 Å². The molecule has 0 saturated heterocycles. The summed E-state index contributed by atoms with van der Waals surface area (Å²) in [6.45, 7) is 1.83. The summed E-state index contributed by atoms with van der Waals surface area (Å²) in [4.78, 5) is 16.2. The van der Waals surface area contributed by atoms with Crippen molar-refractivity contribution in [3.63, 3.8) is 0 Å². The Balaban J connectivity index is 2.09. The standard InChI is InChI=1S/C21H18N2O3/c1-13-20(17-6-4-5-7-18(17)23-13)21(24)15(12-22)10-14-8-9-16(25-2)11-19(14)26-3/h4-11,23H,1-3H3. The fourth-order valence-electron chi connectivity index (χ4n) is 2.95. The molecule has 5 nitrogen and oxygen atoms in total. The number of ether oxygens (including phenoxy) is 2. The number of methoxy groups -OCH3 is 2. The summed E-state index contributed by atoms with van der Waals surface area (Å²) in [6.07, 6.45) is 1.54. The lowest BCUT2D eigenvalue weighted by molar-refractivity contribution is 0.104. The van der Waals surface area contributed by atoms with E-state index in [4.69, 9.17) is 9.47 Å². The lowest BCUT2D eigenvalue weighted by Crippen LogP contribution is -2.03. The minimum atomic E-state index is -0.319.